The van der Waals surface area contributed by atoms with Crippen molar-refractivity contribution in [2.24, 2.45) is 0 Å². The number of nitrogens with zero attached hydrogens (tertiary/aromatic N) is 4. The third-order valence-corrected chi connectivity index (χ3v) is 3.80. The highest BCUT2D eigenvalue weighted by Gasteiger charge is 2.09. The number of hydrogen-bond donors (Lipinski definition) is 1. The maximum Gasteiger partial charge on any atom is 0.243 e. The highest BCUT2D eigenvalue weighted by atomic mass is 79.9. The number of nitrogens with one attached hydrogen (secondary N) is 1. The van der Waals surface area contributed by atoms with Crippen LogP contribution in [0.4, 0.5) is 5.95 Å². The molecule has 0 aromatic carbocycles. The van der Waals surface area contributed by atoms with Crippen LogP contribution in [0, 0.1) is 0 Å². The van der Waals surface area contributed by atoms with Gasteiger partial charge in [0.05, 0.1) is 13.2 Å². The van der Waals surface area contributed by atoms with E-state index in [-0.39, 0.29) is 0 Å². The van der Waals surface area contributed by atoms with Crippen molar-refractivity contribution in [2.45, 2.75) is 6.42 Å². The van der Waals surface area contributed by atoms with E-state index in [1.807, 2.05) is 18.3 Å². The summed E-state index contributed by atoms with van der Waals surface area (Å²) in [5.74, 6) is 0.685. The third-order valence-electron chi connectivity index (χ3n) is 3.33. The van der Waals surface area contributed by atoms with Gasteiger partial charge in [-0.3, -0.25) is 4.90 Å². The zero-order valence-corrected chi connectivity index (χ0v) is 12.8. The van der Waals surface area contributed by atoms with Crippen LogP contribution in [0.15, 0.2) is 22.8 Å². The van der Waals surface area contributed by atoms with Crippen LogP contribution in [0.25, 0.3) is 5.65 Å². The number of halogens is 1. The van der Waals surface area contributed by atoms with Gasteiger partial charge in [-0.2, -0.15) is 4.98 Å². The predicted octanol–water partition coefficient (Wildman–Crippen LogP) is 1.63. The van der Waals surface area contributed by atoms with E-state index in [2.05, 4.69) is 36.2 Å². The van der Waals surface area contributed by atoms with E-state index in [1.54, 1.807) is 4.52 Å². The summed E-state index contributed by atoms with van der Waals surface area (Å²) < 4.78 is 8.10. The molecule has 3 rings (SSSR count). The number of anilines is 1. The van der Waals surface area contributed by atoms with Gasteiger partial charge in [0.15, 0.2) is 5.65 Å². The van der Waals surface area contributed by atoms with Crippen molar-refractivity contribution >= 4 is 27.5 Å². The molecule has 2 aromatic rings. The minimum atomic E-state index is 0.685. The molecule has 0 unspecified atom stereocenters. The molecular weight excluding hydrogens is 322 g/mol. The molecule has 0 amide bonds. The van der Waals surface area contributed by atoms with Crippen LogP contribution in [0.3, 0.4) is 0 Å². The topological polar surface area (TPSA) is 54.7 Å². The van der Waals surface area contributed by atoms with Crippen molar-refractivity contribution in [3.63, 3.8) is 0 Å². The zero-order valence-electron chi connectivity index (χ0n) is 11.3. The van der Waals surface area contributed by atoms with Gasteiger partial charge in [0.2, 0.25) is 5.95 Å². The summed E-state index contributed by atoms with van der Waals surface area (Å²) in [6, 6.07) is 3.90. The molecule has 1 saturated heterocycles. The molecule has 108 valence electrons. The van der Waals surface area contributed by atoms with Crippen LogP contribution >= 0.6 is 15.9 Å². The van der Waals surface area contributed by atoms with Gasteiger partial charge in [-0.1, -0.05) is 0 Å². The fourth-order valence-electron chi connectivity index (χ4n) is 2.26. The average molecular weight is 340 g/mol. The highest BCUT2D eigenvalue weighted by molar-refractivity contribution is 9.10. The Bertz CT molecular complexity index is 567. The summed E-state index contributed by atoms with van der Waals surface area (Å²) in [4.78, 5) is 6.85. The second-order valence-electron chi connectivity index (χ2n) is 4.82. The number of fused-ring (bicyclic) bond motifs is 1. The van der Waals surface area contributed by atoms with Crippen molar-refractivity contribution in [1.29, 1.82) is 0 Å². The van der Waals surface area contributed by atoms with Gasteiger partial charge in [0.1, 0.15) is 0 Å². The first-order valence-corrected chi connectivity index (χ1v) is 7.66. The van der Waals surface area contributed by atoms with E-state index < -0.39 is 0 Å². The molecule has 0 saturated carbocycles. The van der Waals surface area contributed by atoms with Crippen molar-refractivity contribution < 1.29 is 4.74 Å². The monoisotopic (exact) mass is 339 g/mol. The molecular formula is C13H18BrN5O. The van der Waals surface area contributed by atoms with Crippen molar-refractivity contribution in [3.8, 4) is 0 Å². The molecule has 7 heteroatoms. The SMILES string of the molecule is Brc1ccc2nc(NCCCN3CCOCC3)nn2c1. The number of aromatic nitrogens is 3. The first-order chi connectivity index (χ1) is 9.81. The fourth-order valence-corrected chi connectivity index (χ4v) is 2.59. The van der Waals surface area contributed by atoms with E-state index in [1.165, 1.54) is 0 Å². The lowest BCUT2D eigenvalue weighted by Gasteiger charge is -2.26. The molecule has 3 heterocycles. The molecule has 0 bridgehead atoms. The number of rotatable bonds is 5. The molecule has 1 fully saturated rings. The predicted molar refractivity (Wildman–Crippen MR) is 81.1 cm³/mol. The van der Waals surface area contributed by atoms with Gasteiger partial charge < -0.3 is 10.1 Å². The number of hydrogen-bond acceptors (Lipinski definition) is 5. The summed E-state index contributed by atoms with van der Waals surface area (Å²) in [7, 11) is 0. The lowest BCUT2D eigenvalue weighted by Crippen LogP contribution is -2.37. The van der Waals surface area contributed by atoms with E-state index in [0.29, 0.717) is 5.95 Å². The Hall–Kier alpha value is -1.18. The van der Waals surface area contributed by atoms with Crippen molar-refractivity contribution in [1.82, 2.24) is 19.5 Å². The Balaban J connectivity index is 1.47. The molecule has 1 aliphatic heterocycles. The molecule has 0 spiro atoms. The van der Waals surface area contributed by atoms with Crippen LogP contribution in [0.5, 0.6) is 0 Å². The van der Waals surface area contributed by atoms with Crippen molar-refractivity contribution in [2.75, 3.05) is 44.7 Å². The molecule has 0 radical (unpaired) electrons. The molecule has 6 nitrogen and oxygen atoms in total. The Morgan fingerprint density at radius 1 is 1.30 bits per heavy atom. The van der Waals surface area contributed by atoms with Crippen LogP contribution in [0.1, 0.15) is 6.42 Å². The Kier molecular flexibility index (Phi) is 4.49. The third kappa shape index (κ3) is 3.47. The van der Waals surface area contributed by atoms with Crippen LogP contribution in [-0.4, -0.2) is 58.9 Å². The molecule has 0 atom stereocenters. The quantitative estimate of drug-likeness (QED) is 0.839. The van der Waals surface area contributed by atoms with Gasteiger partial charge >= 0.3 is 0 Å². The molecule has 2 aromatic heterocycles. The fraction of sp³-hybridized carbons (Fsp3) is 0.538. The number of ether oxygens (including phenoxy) is 1. The average Bonchev–Trinajstić information content (AvgIpc) is 2.86. The molecule has 1 aliphatic rings. The summed E-state index contributed by atoms with van der Waals surface area (Å²) in [5.41, 5.74) is 0.851. The maximum absolute atomic E-state index is 5.33. The van der Waals surface area contributed by atoms with Gasteiger partial charge in [-0.05, 0) is 41.0 Å². The minimum absolute atomic E-state index is 0.685. The normalized spacial score (nSPS) is 16.6. The van der Waals surface area contributed by atoms with Gasteiger partial charge in [-0.25, -0.2) is 4.52 Å². The molecule has 1 N–H and O–H groups in total. The Labute approximate surface area is 126 Å². The zero-order chi connectivity index (χ0) is 13.8. The van der Waals surface area contributed by atoms with Crippen LogP contribution in [0.2, 0.25) is 0 Å². The molecule has 0 aliphatic carbocycles. The van der Waals surface area contributed by atoms with E-state index in [9.17, 15) is 0 Å². The lowest BCUT2D eigenvalue weighted by molar-refractivity contribution is 0.0378. The largest absolute Gasteiger partial charge is 0.379 e. The summed E-state index contributed by atoms with van der Waals surface area (Å²) in [5, 5.41) is 7.67. The van der Waals surface area contributed by atoms with Crippen LogP contribution in [-0.2, 0) is 4.74 Å². The summed E-state index contributed by atoms with van der Waals surface area (Å²) >= 11 is 3.42. The second kappa shape index (κ2) is 6.51. The number of morpholine rings is 1. The number of pyridine rings is 1. The second-order valence-corrected chi connectivity index (χ2v) is 5.74. The smallest absolute Gasteiger partial charge is 0.243 e. The first kappa shape index (κ1) is 13.8. The highest BCUT2D eigenvalue weighted by Crippen LogP contribution is 2.12. The standard InChI is InChI=1S/C13H18BrN5O/c14-11-2-3-12-16-13(17-19(12)10-11)15-4-1-5-18-6-8-20-9-7-18/h2-3,10H,1,4-9H2,(H,15,17). The van der Waals surface area contributed by atoms with Crippen molar-refractivity contribution in [3.05, 3.63) is 22.8 Å². The van der Waals surface area contributed by atoms with E-state index in [4.69, 9.17) is 4.74 Å². The summed E-state index contributed by atoms with van der Waals surface area (Å²) in [6.45, 7) is 5.78. The van der Waals surface area contributed by atoms with Crippen LogP contribution < -0.4 is 5.32 Å². The summed E-state index contributed by atoms with van der Waals surface area (Å²) in [6.07, 6.45) is 2.99. The first-order valence-electron chi connectivity index (χ1n) is 6.87. The lowest BCUT2D eigenvalue weighted by atomic mass is 10.3. The Morgan fingerprint density at radius 2 is 2.15 bits per heavy atom. The van der Waals surface area contributed by atoms with E-state index >= 15 is 0 Å². The van der Waals surface area contributed by atoms with E-state index in [0.717, 1.165) is 55.9 Å². The van der Waals surface area contributed by atoms with Gasteiger partial charge in [0.25, 0.3) is 0 Å². The van der Waals surface area contributed by atoms with Gasteiger partial charge in [0, 0.05) is 30.3 Å². The van der Waals surface area contributed by atoms with Gasteiger partial charge in [-0.15, -0.1) is 5.10 Å². The minimum Gasteiger partial charge on any atom is -0.379 e. The maximum atomic E-state index is 5.33. The Morgan fingerprint density at radius 3 is 3.00 bits per heavy atom. The molecule has 20 heavy (non-hydrogen) atoms.